The van der Waals surface area contributed by atoms with E-state index in [1.807, 2.05) is 54.8 Å². The predicted octanol–water partition coefficient (Wildman–Crippen LogP) is 3.63. The largest absolute Gasteiger partial charge is 0.271 e. The number of rotatable bonds is 4. The van der Waals surface area contributed by atoms with Crippen LogP contribution in [0.15, 0.2) is 41.6 Å². The molecule has 0 spiro atoms. The lowest BCUT2D eigenvalue weighted by atomic mass is 10.3. The van der Waals surface area contributed by atoms with Crippen molar-refractivity contribution in [3.05, 3.63) is 58.4 Å². The summed E-state index contributed by atoms with van der Waals surface area (Å²) in [6.07, 6.45) is 0. The third-order valence-corrected chi connectivity index (χ3v) is 4.17. The highest BCUT2D eigenvalue weighted by Crippen LogP contribution is 2.21. The van der Waals surface area contributed by atoms with Crippen LogP contribution in [-0.4, -0.2) is 24.7 Å². The van der Waals surface area contributed by atoms with Crippen LogP contribution in [0.5, 0.6) is 0 Å². The van der Waals surface area contributed by atoms with Crippen LogP contribution < -0.4 is 0 Å². The Morgan fingerprint density at radius 2 is 1.82 bits per heavy atom. The number of benzene rings is 1. The van der Waals surface area contributed by atoms with Gasteiger partial charge in [-0.05, 0) is 44.3 Å². The highest BCUT2D eigenvalue weighted by atomic mass is 32.2. The van der Waals surface area contributed by atoms with E-state index >= 15 is 0 Å². The lowest BCUT2D eigenvalue weighted by Crippen LogP contribution is -2.01. The number of hydrogen-bond acceptors (Lipinski definition) is 5. The van der Waals surface area contributed by atoms with Gasteiger partial charge >= 0.3 is 0 Å². The van der Waals surface area contributed by atoms with Crippen molar-refractivity contribution < 1.29 is 0 Å². The molecule has 3 rings (SSSR count). The van der Waals surface area contributed by atoms with Crippen LogP contribution in [0.25, 0.3) is 5.69 Å². The van der Waals surface area contributed by atoms with E-state index in [0.29, 0.717) is 10.5 Å². The number of aromatic nitrogens is 5. The first kappa shape index (κ1) is 14.9. The lowest BCUT2D eigenvalue weighted by Gasteiger charge is -2.06. The summed E-state index contributed by atoms with van der Waals surface area (Å²) in [5.74, 6) is 1.49. The molecular weight excluding hydrogens is 314 g/mol. The van der Waals surface area contributed by atoms with E-state index in [2.05, 4.69) is 20.2 Å². The van der Waals surface area contributed by atoms with Gasteiger partial charge in [-0.25, -0.2) is 9.97 Å². The Kier molecular flexibility index (Phi) is 4.35. The molecule has 0 saturated heterocycles. The first-order valence-corrected chi connectivity index (χ1v) is 8.19. The smallest absolute Gasteiger partial charge is 0.199 e. The monoisotopic (exact) mass is 329 g/mol. The van der Waals surface area contributed by atoms with Crippen LogP contribution in [-0.2, 0) is 5.75 Å². The fourth-order valence-electron chi connectivity index (χ4n) is 2.16. The van der Waals surface area contributed by atoms with Crippen LogP contribution in [0.3, 0.4) is 0 Å². The molecule has 0 atom stereocenters. The lowest BCUT2D eigenvalue weighted by molar-refractivity contribution is 0.893. The Bertz CT molecular complexity index is 818. The summed E-state index contributed by atoms with van der Waals surface area (Å²) < 4.78 is 2.52. The van der Waals surface area contributed by atoms with Crippen molar-refractivity contribution in [3.63, 3.8) is 0 Å². The Morgan fingerprint density at radius 1 is 1.14 bits per heavy atom. The molecule has 22 heavy (non-hydrogen) atoms. The van der Waals surface area contributed by atoms with E-state index < -0.39 is 0 Å². The zero-order valence-corrected chi connectivity index (χ0v) is 13.9. The van der Waals surface area contributed by atoms with Crippen molar-refractivity contribution in [2.45, 2.75) is 24.8 Å². The van der Waals surface area contributed by atoms with Crippen molar-refractivity contribution in [1.29, 1.82) is 0 Å². The number of aryl methyl sites for hydroxylation is 2. The molecule has 0 aliphatic carbocycles. The minimum atomic E-state index is 0.586. The molecule has 2 heterocycles. The van der Waals surface area contributed by atoms with Crippen molar-refractivity contribution in [3.8, 4) is 5.69 Å². The second-order valence-corrected chi connectivity index (χ2v) is 6.17. The standard InChI is InChI=1S/C15H15N5S2/c1-10-8-11(2)17-14(16-10)22-9-13-18-19-15(21)20(13)12-6-4-3-5-7-12/h3-8H,9H2,1-2H3,(H,19,21). The van der Waals surface area contributed by atoms with E-state index in [4.69, 9.17) is 12.2 Å². The summed E-state index contributed by atoms with van der Waals surface area (Å²) >= 11 is 6.88. The number of aromatic amines is 1. The second-order valence-electron chi connectivity index (χ2n) is 4.84. The number of nitrogens with zero attached hydrogens (tertiary/aromatic N) is 4. The molecule has 112 valence electrons. The van der Waals surface area contributed by atoms with Gasteiger partial charge in [-0.3, -0.25) is 9.67 Å². The van der Waals surface area contributed by atoms with Crippen LogP contribution in [0.1, 0.15) is 17.2 Å². The molecule has 0 aliphatic heterocycles. The predicted molar refractivity (Wildman–Crippen MR) is 89.8 cm³/mol. The highest BCUT2D eigenvalue weighted by molar-refractivity contribution is 7.98. The first-order valence-electron chi connectivity index (χ1n) is 6.80. The number of thioether (sulfide) groups is 1. The Labute approximate surface area is 137 Å². The van der Waals surface area contributed by atoms with E-state index in [9.17, 15) is 0 Å². The molecule has 7 heteroatoms. The SMILES string of the molecule is Cc1cc(C)nc(SCc2n[nH]c(=S)n2-c2ccccc2)n1. The summed E-state index contributed by atoms with van der Waals surface area (Å²) in [6.45, 7) is 3.94. The van der Waals surface area contributed by atoms with Crippen molar-refractivity contribution in [2.24, 2.45) is 0 Å². The van der Waals surface area contributed by atoms with E-state index in [-0.39, 0.29) is 0 Å². The molecule has 0 unspecified atom stereocenters. The van der Waals surface area contributed by atoms with Crippen LogP contribution in [0.2, 0.25) is 0 Å². The van der Waals surface area contributed by atoms with Gasteiger partial charge in [0.1, 0.15) is 5.82 Å². The Balaban J connectivity index is 1.86. The second kappa shape index (κ2) is 6.41. The topological polar surface area (TPSA) is 59.4 Å². The molecule has 1 aromatic carbocycles. The number of H-pyrrole nitrogens is 1. The van der Waals surface area contributed by atoms with Gasteiger partial charge in [-0.2, -0.15) is 5.10 Å². The number of hydrogen-bond donors (Lipinski definition) is 1. The van der Waals surface area contributed by atoms with Gasteiger partial charge in [0.2, 0.25) is 0 Å². The maximum Gasteiger partial charge on any atom is 0.199 e. The van der Waals surface area contributed by atoms with Crippen molar-refractivity contribution in [1.82, 2.24) is 24.7 Å². The van der Waals surface area contributed by atoms with Crippen molar-refractivity contribution >= 4 is 24.0 Å². The maximum absolute atomic E-state index is 5.33. The molecule has 0 saturated carbocycles. The molecule has 5 nitrogen and oxygen atoms in total. The average molecular weight is 329 g/mol. The minimum absolute atomic E-state index is 0.586. The first-order chi connectivity index (χ1) is 10.6. The van der Waals surface area contributed by atoms with Crippen molar-refractivity contribution in [2.75, 3.05) is 0 Å². The summed E-state index contributed by atoms with van der Waals surface area (Å²) in [7, 11) is 0. The van der Waals surface area contributed by atoms with Crippen LogP contribution >= 0.6 is 24.0 Å². The van der Waals surface area contributed by atoms with Crippen LogP contribution in [0, 0.1) is 18.6 Å². The van der Waals surface area contributed by atoms with E-state index in [0.717, 1.165) is 28.1 Å². The molecule has 0 aliphatic rings. The molecule has 3 aromatic rings. The third-order valence-electron chi connectivity index (χ3n) is 3.05. The van der Waals surface area contributed by atoms with Gasteiger partial charge in [-0.15, -0.1) is 0 Å². The molecular formula is C15H15N5S2. The van der Waals surface area contributed by atoms with Gasteiger partial charge in [-0.1, -0.05) is 30.0 Å². The average Bonchev–Trinajstić information content (AvgIpc) is 2.86. The quantitative estimate of drug-likeness (QED) is 0.450. The summed E-state index contributed by atoms with van der Waals surface area (Å²) in [5, 5.41) is 7.93. The zero-order chi connectivity index (χ0) is 15.5. The maximum atomic E-state index is 5.33. The summed E-state index contributed by atoms with van der Waals surface area (Å²) in [4.78, 5) is 8.87. The highest BCUT2D eigenvalue weighted by Gasteiger charge is 2.10. The van der Waals surface area contributed by atoms with Gasteiger partial charge in [0, 0.05) is 17.1 Å². The molecule has 0 amide bonds. The van der Waals surface area contributed by atoms with Gasteiger partial charge in [0.15, 0.2) is 9.93 Å². The zero-order valence-electron chi connectivity index (χ0n) is 12.3. The van der Waals surface area contributed by atoms with Gasteiger partial charge in [0.25, 0.3) is 0 Å². The summed E-state index contributed by atoms with van der Waals surface area (Å²) in [5.41, 5.74) is 2.94. The fraction of sp³-hybridized carbons (Fsp3) is 0.200. The normalized spacial score (nSPS) is 10.8. The fourth-order valence-corrected chi connectivity index (χ4v) is 3.28. The molecule has 1 N–H and O–H groups in total. The van der Waals surface area contributed by atoms with Crippen LogP contribution in [0.4, 0.5) is 0 Å². The van der Waals surface area contributed by atoms with Gasteiger partial charge < -0.3 is 0 Å². The molecule has 2 aromatic heterocycles. The Morgan fingerprint density at radius 3 is 2.50 bits per heavy atom. The minimum Gasteiger partial charge on any atom is -0.271 e. The van der Waals surface area contributed by atoms with Gasteiger partial charge in [0.05, 0.1) is 5.75 Å². The number of para-hydroxylation sites is 1. The molecule has 0 radical (unpaired) electrons. The number of nitrogens with one attached hydrogen (secondary N) is 1. The Hall–Kier alpha value is -1.99. The third kappa shape index (κ3) is 3.26. The van der Waals surface area contributed by atoms with E-state index in [1.165, 1.54) is 0 Å². The molecule has 0 fully saturated rings. The van der Waals surface area contributed by atoms with E-state index in [1.54, 1.807) is 11.8 Å². The molecule has 0 bridgehead atoms. The summed E-state index contributed by atoms with van der Waals surface area (Å²) in [6, 6.07) is 11.9.